The van der Waals surface area contributed by atoms with Crippen LogP contribution in [-0.4, -0.2) is 14.1 Å². The van der Waals surface area contributed by atoms with E-state index in [4.69, 9.17) is 0 Å². The average molecular weight is 230 g/mol. The smallest absolute Gasteiger partial charge is 0.0843 e. The van der Waals surface area contributed by atoms with E-state index in [0.717, 1.165) is 6.04 Å². The van der Waals surface area contributed by atoms with E-state index in [9.17, 15) is 0 Å². The van der Waals surface area contributed by atoms with Gasteiger partial charge in [-0.05, 0) is 25.7 Å². The summed E-state index contributed by atoms with van der Waals surface area (Å²) in [4.78, 5) is 0. The van der Waals surface area contributed by atoms with Gasteiger partial charge >= 0.3 is 0 Å². The van der Waals surface area contributed by atoms with Crippen molar-refractivity contribution in [2.45, 2.75) is 83.6 Å². The second-order valence-corrected chi connectivity index (χ2v) is 11.8. The van der Waals surface area contributed by atoms with Gasteiger partial charge in [-0.3, -0.25) is 0 Å². The minimum Gasteiger partial charge on any atom is -0.355 e. The first kappa shape index (κ1) is 15.2. The molecule has 0 aliphatic heterocycles. The fourth-order valence-corrected chi connectivity index (χ4v) is 3.23. The molecule has 0 spiro atoms. The van der Waals surface area contributed by atoms with Gasteiger partial charge in [0.25, 0.3) is 0 Å². The summed E-state index contributed by atoms with van der Waals surface area (Å²) in [5.41, 5.74) is 4.26. The van der Waals surface area contributed by atoms with Crippen LogP contribution < -0.4 is 5.73 Å². The van der Waals surface area contributed by atoms with Gasteiger partial charge in [-0.15, -0.1) is 0 Å². The molecule has 1 unspecified atom stereocenters. The van der Waals surface area contributed by atoms with E-state index in [2.05, 4.69) is 32.3 Å². The Kier molecular flexibility index (Phi) is 8.44. The Morgan fingerprint density at radius 1 is 0.933 bits per heavy atom. The molecule has 0 saturated heterocycles. The molecule has 92 valence electrons. The molecule has 1 atom stereocenters. The van der Waals surface area contributed by atoms with Crippen molar-refractivity contribution in [2.75, 3.05) is 0 Å². The second kappa shape index (κ2) is 8.34. The van der Waals surface area contributed by atoms with Crippen molar-refractivity contribution in [2.24, 2.45) is 0 Å². The predicted octanol–water partition coefficient (Wildman–Crippen LogP) is 3.69. The molecule has 0 heterocycles. The molecule has 0 aliphatic rings. The fourth-order valence-electron chi connectivity index (χ4n) is 1.92. The molecule has 0 aromatic carbocycles. The molecule has 0 saturated carbocycles. The van der Waals surface area contributed by atoms with Crippen LogP contribution in [0.5, 0.6) is 0 Å². The minimum absolute atomic E-state index is 0.721. The van der Waals surface area contributed by atoms with Crippen molar-refractivity contribution in [3.63, 3.8) is 0 Å². The summed E-state index contributed by atoms with van der Waals surface area (Å²) >= 11 is 0. The highest BCUT2D eigenvalue weighted by molar-refractivity contribution is 6.76. The Morgan fingerprint density at radius 3 is 1.93 bits per heavy atom. The molecule has 0 aromatic rings. The van der Waals surface area contributed by atoms with E-state index >= 15 is 0 Å². The van der Waals surface area contributed by atoms with E-state index in [-0.39, 0.29) is 0 Å². The van der Waals surface area contributed by atoms with E-state index in [1.165, 1.54) is 51.0 Å². The van der Waals surface area contributed by atoms with Gasteiger partial charge in [0.15, 0.2) is 0 Å². The van der Waals surface area contributed by atoms with Crippen LogP contribution in [0.15, 0.2) is 0 Å². The first-order chi connectivity index (χ1) is 6.95. The quantitative estimate of drug-likeness (QED) is 0.462. The number of unbranched alkanes of at least 4 members (excludes halogenated alkanes) is 3. The fraction of sp³-hybridized carbons (Fsp3) is 1.00. The van der Waals surface area contributed by atoms with E-state index in [1.807, 2.05) is 0 Å². The number of hydrogen-bond donors (Lipinski definition) is 1. The molecule has 1 nitrogen and oxygen atoms in total. The van der Waals surface area contributed by atoms with Crippen molar-refractivity contribution < 1.29 is 5.73 Å². The number of hydrogen-bond acceptors (Lipinski definition) is 0. The zero-order valence-corrected chi connectivity index (χ0v) is 12.4. The zero-order chi connectivity index (χ0) is 11.7. The third-order valence-electron chi connectivity index (χ3n) is 3.01. The van der Waals surface area contributed by atoms with Crippen molar-refractivity contribution in [1.82, 2.24) is 0 Å². The largest absolute Gasteiger partial charge is 0.355 e. The number of quaternary nitrogens is 1. The first-order valence-corrected chi connectivity index (χ1v) is 10.5. The highest BCUT2D eigenvalue weighted by Gasteiger charge is 2.12. The van der Waals surface area contributed by atoms with Crippen molar-refractivity contribution in [3.05, 3.63) is 0 Å². The predicted molar refractivity (Wildman–Crippen MR) is 72.8 cm³/mol. The zero-order valence-electron chi connectivity index (χ0n) is 11.4. The molecule has 0 aromatic heterocycles. The molecule has 0 rings (SSSR count). The van der Waals surface area contributed by atoms with Gasteiger partial charge in [-0.25, -0.2) is 0 Å². The topological polar surface area (TPSA) is 27.6 Å². The molecular weight excluding hydrogens is 198 g/mol. The van der Waals surface area contributed by atoms with Crippen LogP contribution in [0.25, 0.3) is 0 Å². The molecule has 0 fully saturated rings. The van der Waals surface area contributed by atoms with Gasteiger partial charge in [-0.1, -0.05) is 51.9 Å². The van der Waals surface area contributed by atoms with Crippen LogP contribution in [0.3, 0.4) is 0 Å². The summed E-state index contributed by atoms with van der Waals surface area (Å²) in [6.07, 6.45) is 9.66. The van der Waals surface area contributed by atoms with Gasteiger partial charge in [0.1, 0.15) is 0 Å². The lowest BCUT2D eigenvalue weighted by Gasteiger charge is -2.15. The second-order valence-electron chi connectivity index (χ2n) is 6.17. The van der Waals surface area contributed by atoms with Crippen molar-refractivity contribution >= 4 is 8.07 Å². The normalized spacial score (nSPS) is 14.2. The standard InChI is InChI=1S/C13H31NSi/c1-5-6-7-10-13(14)11-8-9-12-15(2,3)4/h13H,5-12,14H2,1-4H3/p+1. The van der Waals surface area contributed by atoms with Gasteiger partial charge in [0.05, 0.1) is 6.04 Å². The molecule has 3 N–H and O–H groups in total. The first-order valence-electron chi connectivity index (χ1n) is 6.79. The van der Waals surface area contributed by atoms with Crippen molar-refractivity contribution in [3.8, 4) is 0 Å². The van der Waals surface area contributed by atoms with Crippen LogP contribution in [0.1, 0.15) is 51.9 Å². The Labute approximate surface area is 97.8 Å². The Bertz CT molecular complexity index is 140. The monoisotopic (exact) mass is 230 g/mol. The van der Waals surface area contributed by atoms with E-state index in [1.54, 1.807) is 0 Å². The third-order valence-corrected chi connectivity index (χ3v) is 4.86. The molecule has 0 amide bonds. The summed E-state index contributed by atoms with van der Waals surface area (Å²) in [5.74, 6) is 0. The molecule has 2 heteroatoms. The summed E-state index contributed by atoms with van der Waals surface area (Å²) in [7, 11) is -0.781. The van der Waals surface area contributed by atoms with Crippen molar-refractivity contribution in [1.29, 1.82) is 0 Å². The molecular formula is C13H32NSi+. The summed E-state index contributed by atoms with van der Waals surface area (Å²) in [6.45, 7) is 9.67. The molecule has 15 heavy (non-hydrogen) atoms. The third kappa shape index (κ3) is 12.1. The van der Waals surface area contributed by atoms with E-state index < -0.39 is 8.07 Å². The summed E-state index contributed by atoms with van der Waals surface area (Å²) in [6, 6.07) is 2.22. The van der Waals surface area contributed by atoms with Crippen LogP contribution in [-0.2, 0) is 0 Å². The van der Waals surface area contributed by atoms with E-state index in [0.29, 0.717) is 0 Å². The maximum absolute atomic E-state index is 4.26. The Morgan fingerprint density at radius 2 is 1.47 bits per heavy atom. The summed E-state index contributed by atoms with van der Waals surface area (Å²) in [5, 5.41) is 0. The number of rotatable bonds is 9. The average Bonchev–Trinajstić information content (AvgIpc) is 2.11. The maximum atomic E-state index is 4.26. The Hall–Kier alpha value is 0.177. The van der Waals surface area contributed by atoms with Crippen LogP contribution in [0.2, 0.25) is 25.7 Å². The van der Waals surface area contributed by atoms with Gasteiger partial charge in [-0.2, -0.15) is 0 Å². The molecule has 0 bridgehead atoms. The minimum atomic E-state index is -0.781. The van der Waals surface area contributed by atoms with Gasteiger partial charge < -0.3 is 5.73 Å². The van der Waals surface area contributed by atoms with Gasteiger partial charge in [0, 0.05) is 8.07 Å². The molecule has 0 radical (unpaired) electrons. The molecule has 0 aliphatic carbocycles. The van der Waals surface area contributed by atoms with Crippen LogP contribution in [0.4, 0.5) is 0 Å². The highest BCUT2D eigenvalue weighted by atomic mass is 28.3. The highest BCUT2D eigenvalue weighted by Crippen LogP contribution is 2.15. The maximum Gasteiger partial charge on any atom is 0.0843 e. The lowest BCUT2D eigenvalue weighted by Crippen LogP contribution is -2.60. The SMILES string of the molecule is CCCCCC([NH3+])CCCC[Si](C)(C)C. The van der Waals surface area contributed by atoms with Gasteiger partial charge in [0.2, 0.25) is 0 Å². The van der Waals surface area contributed by atoms with Crippen LogP contribution in [0, 0.1) is 0 Å². The lowest BCUT2D eigenvalue weighted by molar-refractivity contribution is -0.423. The van der Waals surface area contributed by atoms with Crippen LogP contribution >= 0.6 is 0 Å². The summed E-state index contributed by atoms with van der Waals surface area (Å²) < 4.78 is 0. The lowest BCUT2D eigenvalue weighted by atomic mass is 10.0. The Balaban J connectivity index is 3.27.